The maximum Gasteiger partial charge on any atom is 0.433 e. The molecule has 11 heteroatoms. The molecule has 2 aromatic rings. The summed E-state index contributed by atoms with van der Waals surface area (Å²) in [6, 6.07) is 3.49. The van der Waals surface area contributed by atoms with Crippen molar-refractivity contribution in [1.29, 1.82) is 0 Å². The van der Waals surface area contributed by atoms with Crippen LogP contribution >= 0.6 is 11.6 Å². The number of amides is 1. The Labute approximate surface area is 208 Å². The first-order chi connectivity index (χ1) is 16.9. The largest absolute Gasteiger partial charge is 0.491 e. The second-order valence-electron chi connectivity index (χ2n) is 8.98. The Hall–Kier alpha value is -3.53. The van der Waals surface area contributed by atoms with Crippen LogP contribution in [0.25, 0.3) is 11.3 Å². The van der Waals surface area contributed by atoms with Crippen LogP contribution in [0.3, 0.4) is 0 Å². The number of nitrogens with zero attached hydrogens (tertiary/aromatic N) is 4. The van der Waals surface area contributed by atoms with Crippen molar-refractivity contribution in [2.75, 3.05) is 23.8 Å². The molecular weight excluding hydrogens is 470 g/mol. The average molecular weight is 498 g/mol. The van der Waals surface area contributed by atoms with Crippen molar-refractivity contribution in [3.05, 3.63) is 46.7 Å². The molecule has 0 radical (unpaired) electrons. The van der Waals surface area contributed by atoms with Crippen LogP contribution in [0.1, 0.15) is 44.7 Å². The van der Waals surface area contributed by atoms with Crippen LogP contribution in [-0.4, -0.2) is 51.2 Å². The molecule has 3 aliphatic rings. The highest BCUT2D eigenvalue weighted by molar-refractivity contribution is 6.30. The number of nitrogens with one attached hydrogen (secondary N) is 2. The monoisotopic (exact) mass is 497 g/mol. The van der Waals surface area contributed by atoms with E-state index in [4.69, 9.17) is 27.2 Å². The molecule has 10 nitrogen and oxygen atoms in total. The lowest BCUT2D eigenvalue weighted by Crippen LogP contribution is -2.47. The molecule has 1 aliphatic carbocycles. The number of anilines is 2. The van der Waals surface area contributed by atoms with E-state index in [1.54, 1.807) is 24.5 Å². The number of rotatable bonds is 4. The smallest absolute Gasteiger partial charge is 0.433 e. The van der Waals surface area contributed by atoms with Gasteiger partial charge in [-0.05, 0) is 31.4 Å². The van der Waals surface area contributed by atoms with Crippen LogP contribution in [-0.2, 0) is 4.74 Å². The number of fused-ring (bicyclic) bond motifs is 1. The number of aromatic nitrogens is 2. The van der Waals surface area contributed by atoms with Crippen LogP contribution < -0.4 is 16.5 Å². The average Bonchev–Trinajstić information content (AvgIpc) is 2.81. The second kappa shape index (κ2) is 9.61. The first-order valence-electron chi connectivity index (χ1n) is 11.8. The molecule has 0 fully saturated rings. The third-order valence-corrected chi connectivity index (χ3v) is 6.69. The van der Waals surface area contributed by atoms with Crippen molar-refractivity contribution in [1.82, 2.24) is 15.0 Å². The van der Waals surface area contributed by atoms with Gasteiger partial charge in [-0.15, -0.1) is 0 Å². The number of aliphatic imine (C=N–C) groups is 1. The van der Waals surface area contributed by atoms with Gasteiger partial charge in [-0.3, -0.25) is 15.4 Å². The van der Waals surface area contributed by atoms with Gasteiger partial charge in [0, 0.05) is 36.8 Å². The molecular formula is C24H28ClN7O3. The number of halogens is 1. The molecule has 5 rings (SSSR count). The number of pyridine rings is 2. The maximum atomic E-state index is 11.2. The predicted octanol–water partition coefficient (Wildman–Crippen LogP) is 4.45. The van der Waals surface area contributed by atoms with E-state index >= 15 is 0 Å². The van der Waals surface area contributed by atoms with E-state index in [-0.39, 0.29) is 23.6 Å². The van der Waals surface area contributed by atoms with E-state index in [0.717, 1.165) is 43.6 Å². The molecule has 0 saturated carbocycles. The lowest BCUT2D eigenvalue weighted by molar-refractivity contribution is 0.0306. The molecule has 184 valence electrons. The Balaban J connectivity index is 1.65. The SMILES string of the molecule is CCC[C@@H]1CN2Nc3cc(/C(N)=N/C(=O)O)nc(-c4cncc(Cl)c4)c3NC[C@@H]3CCCC(=C32)O1. The molecule has 1 amide bonds. The van der Waals surface area contributed by atoms with Gasteiger partial charge < -0.3 is 20.9 Å². The lowest BCUT2D eigenvalue weighted by Gasteiger charge is -2.45. The minimum Gasteiger partial charge on any atom is -0.491 e. The molecule has 2 atom stereocenters. The van der Waals surface area contributed by atoms with Gasteiger partial charge in [0.15, 0.2) is 5.84 Å². The quantitative estimate of drug-likeness (QED) is 0.356. The van der Waals surface area contributed by atoms with E-state index in [2.05, 4.69) is 37.6 Å². The van der Waals surface area contributed by atoms with Gasteiger partial charge in [-0.2, -0.15) is 4.99 Å². The predicted molar refractivity (Wildman–Crippen MR) is 134 cm³/mol. The van der Waals surface area contributed by atoms with Crippen LogP contribution in [0.15, 0.2) is 41.0 Å². The highest BCUT2D eigenvalue weighted by atomic mass is 35.5. The summed E-state index contributed by atoms with van der Waals surface area (Å²) in [6.45, 7) is 3.56. The first kappa shape index (κ1) is 23.2. The molecule has 0 unspecified atom stereocenters. The fourth-order valence-corrected chi connectivity index (χ4v) is 5.21. The summed E-state index contributed by atoms with van der Waals surface area (Å²) in [6.07, 6.45) is 6.98. The molecule has 2 aromatic heterocycles. The van der Waals surface area contributed by atoms with Crippen LogP contribution in [0.5, 0.6) is 0 Å². The Morgan fingerprint density at radius 2 is 2.26 bits per heavy atom. The van der Waals surface area contributed by atoms with Gasteiger partial charge in [0.1, 0.15) is 17.6 Å². The van der Waals surface area contributed by atoms with Crippen LogP contribution in [0.4, 0.5) is 16.2 Å². The van der Waals surface area contributed by atoms with Gasteiger partial charge in [0.2, 0.25) is 0 Å². The van der Waals surface area contributed by atoms with E-state index in [9.17, 15) is 4.79 Å². The van der Waals surface area contributed by atoms with Gasteiger partial charge >= 0.3 is 6.09 Å². The number of carboxylic acid groups (broad SMARTS) is 1. The summed E-state index contributed by atoms with van der Waals surface area (Å²) in [7, 11) is 0. The van der Waals surface area contributed by atoms with E-state index in [0.29, 0.717) is 35.1 Å². The molecule has 0 saturated heterocycles. The summed E-state index contributed by atoms with van der Waals surface area (Å²) < 4.78 is 6.39. The summed E-state index contributed by atoms with van der Waals surface area (Å²) in [5.74, 6) is 1.15. The number of hydrogen-bond donors (Lipinski definition) is 4. The molecule has 4 heterocycles. The van der Waals surface area contributed by atoms with Crippen molar-refractivity contribution in [2.24, 2.45) is 16.6 Å². The number of ether oxygens (including phenoxy) is 1. The number of allylic oxidation sites excluding steroid dienone is 1. The lowest BCUT2D eigenvalue weighted by atomic mass is 9.88. The number of amidine groups is 1. The fourth-order valence-electron chi connectivity index (χ4n) is 5.03. The van der Waals surface area contributed by atoms with Crippen LogP contribution in [0, 0.1) is 5.92 Å². The van der Waals surface area contributed by atoms with Crippen molar-refractivity contribution in [3.8, 4) is 11.3 Å². The summed E-state index contributed by atoms with van der Waals surface area (Å²) >= 11 is 6.23. The van der Waals surface area contributed by atoms with Gasteiger partial charge in [-0.25, -0.2) is 9.78 Å². The topological polar surface area (TPSA) is 138 Å². The van der Waals surface area contributed by atoms with Gasteiger partial charge in [0.25, 0.3) is 0 Å². The summed E-state index contributed by atoms with van der Waals surface area (Å²) in [4.78, 5) is 23.5. The van der Waals surface area contributed by atoms with Gasteiger partial charge in [0.05, 0.1) is 34.3 Å². The number of nitrogens with two attached hydrogens (primary N) is 1. The zero-order valence-electron chi connectivity index (χ0n) is 19.4. The van der Waals surface area contributed by atoms with Crippen molar-refractivity contribution in [2.45, 2.75) is 45.1 Å². The Kier molecular flexibility index (Phi) is 6.38. The molecule has 0 spiro atoms. The van der Waals surface area contributed by atoms with Gasteiger partial charge in [-0.1, -0.05) is 24.9 Å². The Morgan fingerprint density at radius 3 is 3.03 bits per heavy atom. The number of carbonyl (C=O) groups is 1. The maximum absolute atomic E-state index is 11.2. The molecule has 0 bridgehead atoms. The number of hydrazine groups is 1. The first-order valence-corrected chi connectivity index (χ1v) is 12.2. The molecule has 2 aliphatic heterocycles. The molecule has 35 heavy (non-hydrogen) atoms. The normalized spacial score (nSPS) is 21.5. The molecule has 0 aromatic carbocycles. The number of hydrogen-bond acceptors (Lipinski definition) is 7. The minimum atomic E-state index is -1.39. The Morgan fingerprint density at radius 1 is 1.40 bits per heavy atom. The van der Waals surface area contributed by atoms with Crippen LogP contribution in [0.2, 0.25) is 5.02 Å². The zero-order valence-corrected chi connectivity index (χ0v) is 20.2. The minimum absolute atomic E-state index is 0.0948. The summed E-state index contributed by atoms with van der Waals surface area (Å²) in [5.41, 5.74) is 13.7. The fraction of sp³-hybridized carbons (Fsp3) is 0.417. The molecule has 5 N–H and O–H groups in total. The van der Waals surface area contributed by atoms with Crippen molar-refractivity contribution >= 4 is 34.9 Å². The standard InChI is InChI=1S/C24H28ClN7O3/c1-2-4-16-12-32-22-13(5-3-6-19(22)35-16)10-28-21-17(31-32)8-18(23(26)30-24(33)34)29-20(21)14-7-15(25)11-27-9-14/h7-9,11,13,16,28,31H,2-6,10,12H2,1H3,(H2,26,30)(H,33,34)/t13-,16+/m0/s1. The van der Waals surface area contributed by atoms with E-state index < -0.39 is 6.09 Å². The highest BCUT2D eigenvalue weighted by Crippen LogP contribution is 2.42. The van der Waals surface area contributed by atoms with E-state index in [1.807, 2.05) is 0 Å². The zero-order chi connectivity index (χ0) is 24.5. The highest BCUT2D eigenvalue weighted by Gasteiger charge is 2.37. The van der Waals surface area contributed by atoms with Crippen molar-refractivity contribution < 1.29 is 14.6 Å². The van der Waals surface area contributed by atoms with Crippen molar-refractivity contribution in [3.63, 3.8) is 0 Å². The summed E-state index contributed by atoms with van der Waals surface area (Å²) in [5, 5.41) is 15.4. The second-order valence-corrected chi connectivity index (χ2v) is 9.42. The Bertz CT molecular complexity index is 1220. The third kappa shape index (κ3) is 4.70. The van der Waals surface area contributed by atoms with E-state index in [1.165, 1.54) is 5.70 Å². The third-order valence-electron chi connectivity index (χ3n) is 6.48.